The molecule has 0 unspecified atom stereocenters. The third kappa shape index (κ3) is 3.04. The van der Waals surface area contributed by atoms with Crippen LogP contribution in [0.2, 0.25) is 0 Å². The molecule has 2 heterocycles. The molecule has 0 bridgehead atoms. The second kappa shape index (κ2) is 4.97. The minimum absolute atomic E-state index is 0.524. The van der Waals surface area contributed by atoms with E-state index >= 15 is 0 Å². The van der Waals surface area contributed by atoms with Gasteiger partial charge in [-0.2, -0.15) is 0 Å². The fourth-order valence-corrected chi connectivity index (χ4v) is 1.71. The number of hydrogen-bond acceptors (Lipinski definition) is 4. The van der Waals surface area contributed by atoms with Gasteiger partial charge in [0.05, 0.1) is 6.20 Å². The molecule has 2 aromatic rings. The van der Waals surface area contributed by atoms with E-state index in [1.54, 1.807) is 18.6 Å². The zero-order valence-electron chi connectivity index (χ0n) is 9.64. The molecule has 0 atom stereocenters. The number of thiocarbonyl (C=S) groups is 1. The van der Waals surface area contributed by atoms with E-state index in [4.69, 9.17) is 12.2 Å². The van der Waals surface area contributed by atoms with E-state index in [9.17, 15) is 0 Å². The first kappa shape index (κ1) is 11.6. The molecule has 17 heavy (non-hydrogen) atoms. The van der Waals surface area contributed by atoms with Gasteiger partial charge in [-0.05, 0) is 31.5 Å². The Morgan fingerprint density at radius 2 is 2.06 bits per heavy atom. The second-order valence-corrected chi connectivity index (χ2v) is 4.12. The summed E-state index contributed by atoms with van der Waals surface area (Å²) in [7, 11) is 0. The molecule has 86 valence electrons. The lowest BCUT2D eigenvalue weighted by Gasteiger charge is -2.07. The highest BCUT2D eigenvalue weighted by molar-refractivity contribution is 7.81. The van der Waals surface area contributed by atoms with Gasteiger partial charge in [-0.25, -0.2) is 4.98 Å². The first-order chi connectivity index (χ1) is 8.15. The van der Waals surface area contributed by atoms with Crippen LogP contribution in [0.1, 0.15) is 17.0 Å². The Morgan fingerprint density at radius 3 is 2.71 bits per heavy atom. The minimum atomic E-state index is 0.524. The highest BCUT2D eigenvalue weighted by atomic mass is 32.1. The van der Waals surface area contributed by atoms with E-state index in [-0.39, 0.29) is 0 Å². The smallest absolute Gasteiger partial charge is 0.132 e. The van der Waals surface area contributed by atoms with Gasteiger partial charge in [0.1, 0.15) is 16.5 Å². The van der Waals surface area contributed by atoms with Gasteiger partial charge in [-0.3, -0.25) is 9.97 Å². The summed E-state index contributed by atoms with van der Waals surface area (Å²) in [5.41, 5.74) is 2.74. The Labute approximate surface area is 105 Å². The van der Waals surface area contributed by atoms with Crippen molar-refractivity contribution in [2.75, 3.05) is 5.32 Å². The molecule has 2 rings (SSSR count). The maximum absolute atomic E-state index is 5.24. The maximum atomic E-state index is 5.24. The highest BCUT2D eigenvalue weighted by Gasteiger charge is 2.04. The maximum Gasteiger partial charge on any atom is 0.132 e. The lowest BCUT2D eigenvalue weighted by Crippen LogP contribution is -2.13. The Balaban J connectivity index is 2.19. The molecule has 0 spiro atoms. The van der Waals surface area contributed by atoms with E-state index in [1.165, 1.54) is 0 Å². The normalized spacial score (nSPS) is 10.0. The lowest BCUT2D eigenvalue weighted by atomic mass is 10.2. The van der Waals surface area contributed by atoms with Crippen molar-refractivity contribution in [1.82, 2.24) is 15.0 Å². The van der Waals surface area contributed by atoms with E-state index in [2.05, 4.69) is 20.3 Å². The molecule has 2 aromatic heterocycles. The van der Waals surface area contributed by atoms with Crippen LogP contribution in [0.5, 0.6) is 0 Å². The summed E-state index contributed by atoms with van der Waals surface area (Å²) in [6.45, 7) is 3.97. The van der Waals surface area contributed by atoms with Crippen molar-refractivity contribution >= 4 is 23.0 Å². The van der Waals surface area contributed by atoms with E-state index < -0.39 is 0 Å². The van der Waals surface area contributed by atoms with Gasteiger partial charge in [-0.15, -0.1) is 0 Å². The standard InChI is InChI=1S/C12H12N4S/c1-8-5-9(2)15-11(6-8)16-12(17)10-7-13-3-4-14-10/h3-7H,1-2H3,(H,15,16,17). The number of rotatable bonds is 2. The minimum Gasteiger partial charge on any atom is -0.329 e. The molecule has 0 saturated heterocycles. The van der Waals surface area contributed by atoms with Crippen molar-refractivity contribution in [2.24, 2.45) is 0 Å². The van der Waals surface area contributed by atoms with Crippen LogP contribution in [0.4, 0.5) is 5.82 Å². The summed E-state index contributed by atoms with van der Waals surface area (Å²) in [5.74, 6) is 0.734. The van der Waals surface area contributed by atoms with Crippen molar-refractivity contribution in [2.45, 2.75) is 13.8 Å². The zero-order chi connectivity index (χ0) is 12.3. The zero-order valence-corrected chi connectivity index (χ0v) is 10.5. The van der Waals surface area contributed by atoms with Gasteiger partial charge in [0.15, 0.2) is 0 Å². The average molecular weight is 244 g/mol. The molecule has 0 aliphatic rings. The summed E-state index contributed by atoms with van der Waals surface area (Å²) in [6, 6.07) is 3.95. The van der Waals surface area contributed by atoms with Crippen molar-refractivity contribution in [3.63, 3.8) is 0 Å². The molecule has 0 amide bonds. The van der Waals surface area contributed by atoms with Gasteiger partial charge < -0.3 is 5.32 Å². The van der Waals surface area contributed by atoms with Gasteiger partial charge in [0.25, 0.3) is 0 Å². The molecule has 0 aliphatic heterocycles. The van der Waals surface area contributed by atoms with E-state index in [0.29, 0.717) is 10.7 Å². The van der Waals surface area contributed by atoms with Crippen LogP contribution in [0, 0.1) is 13.8 Å². The molecule has 1 N–H and O–H groups in total. The number of anilines is 1. The Kier molecular flexibility index (Phi) is 3.39. The summed E-state index contributed by atoms with van der Waals surface area (Å²) < 4.78 is 0. The molecule has 5 heteroatoms. The third-order valence-electron chi connectivity index (χ3n) is 2.14. The summed E-state index contributed by atoms with van der Waals surface area (Å²) in [4.78, 5) is 13.0. The van der Waals surface area contributed by atoms with Gasteiger partial charge in [-0.1, -0.05) is 12.2 Å². The van der Waals surface area contributed by atoms with Crippen LogP contribution in [0.3, 0.4) is 0 Å². The fraction of sp³-hybridized carbons (Fsp3) is 0.167. The van der Waals surface area contributed by atoms with Crippen LogP contribution in [-0.4, -0.2) is 19.9 Å². The van der Waals surface area contributed by atoms with E-state index in [0.717, 1.165) is 17.1 Å². The van der Waals surface area contributed by atoms with Crippen molar-refractivity contribution in [3.05, 3.63) is 47.7 Å². The second-order valence-electron chi connectivity index (χ2n) is 3.72. The van der Waals surface area contributed by atoms with Gasteiger partial charge in [0.2, 0.25) is 0 Å². The predicted molar refractivity (Wildman–Crippen MR) is 71.1 cm³/mol. The highest BCUT2D eigenvalue weighted by Crippen LogP contribution is 2.10. The average Bonchev–Trinajstić information content (AvgIpc) is 2.28. The molecule has 0 aromatic carbocycles. The number of nitrogens with one attached hydrogen (secondary N) is 1. The first-order valence-electron chi connectivity index (χ1n) is 5.18. The summed E-state index contributed by atoms with van der Waals surface area (Å²) in [6.07, 6.45) is 4.84. The Morgan fingerprint density at radius 1 is 1.24 bits per heavy atom. The molecule has 0 radical (unpaired) electrons. The predicted octanol–water partition coefficient (Wildman–Crippen LogP) is 2.28. The largest absolute Gasteiger partial charge is 0.329 e. The first-order valence-corrected chi connectivity index (χ1v) is 5.58. The Hall–Kier alpha value is -1.88. The van der Waals surface area contributed by atoms with E-state index in [1.807, 2.05) is 26.0 Å². The van der Waals surface area contributed by atoms with Crippen LogP contribution >= 0.6 is 12.2 Å². The lowest BCUT2D eigenvalue weighted by molar-refractivity contribution is 1.17. The Bertz CT molecular complexity index is 519. The summed E-state index contributed by atoms with van der Waals surface area (Å²) in [5, 5.41) is 3.06. The molecule has 0 aliphatic carbocycles. The monoisotopic (exact) mass is 244 g/mol. The van der Waals surface area contributed by atoms with Crippen molar-refractivity contribution in [3.8, 4) is 0 Å². The number of hydrogen-bond donors (Lipinski definition) is 1. The van der Waals surface area contributed by atoms with Gasteiger partial charge in [0, 0.05) is 18.1 Å². The fourth-order valence-electron chi connectivity index (χ4n) is 1.50. The number of pyridine rings is 1. The van der Waals surface area contributed by atoms with Crippen LogP contribution in [-0.2, 0) is 0 Å². The molecular formula is C12H12N4S. The number of aryl methyl sites for hydroxylation is 2. The molecule has 0 fully saturated rings. The van der Waals surface area contributed by atoms with Crippen LogP contribution in [0.25, 0.3) is 0 Å². The summed E-state index contributed by atoms with van der Waals surface area (Å²) >= 11 is 5.24. The van der Waals surface area contributed by atoms with Crippen LogP contribution < -0.4 is 5.32 Å². The van der Waals surface area contributed by atoms with Gasteiger partial charge >= 0.3 is 0 Å². The topological polar surface area (TPSA) is 50.7 Å². The van der Waals surface area contributed by atoms with Crippen LogP contribution in [0.15, 0.2) is 30.7 Å². The molecule has 4 nitrogen and oxygen atoms in total. The quantitative estimate of drug-likeness (QED) is 0.821. The third-order valence-corrected chi connectivity index (χ3v) is 2.45. The SMILES string of the molecule is Cc1cc(C)nc(NC(=S)c2cnccn2)c1. The van der Waals surface area contributed by atoms with Crippen molar-refractivity contribution < 1.29 is 0 Å². The van der Waals surface area contributed by atoms with Crippen molar-refractivity contribution in [1.29, 1.82) is 0 Å². The molecular weight excluding hydrogens is 232 g/mol. The number of nitrogens with zero attached hydrogens (tertiary/aromatic N) is 3. The number of aromatic nitrogens is 3. The molecule has 0 saturated carbocycles.